The first kappa shape index (κ1) is 16.8. The lowest BCUT2D eigenvalue weighted by molar-refractivity contribution is -0.141. The molecule has 1 rings (SSSR count). The summed E-state index contributed by atoms with van der Waals surface area (Å²) in [4.78, 5) is 25.0. The van der Waals surface area contributed by atoms with E-state index in [1.165, 1.54) is 4.90 Å². The van der Waals surface area contributed by atoms with Crippen LogP contribution >= 0.6 is 0 Å². The Bertz CT molecular complexity index is 310. The molecule has 1 aliphatic carbocycles. The van der Waals surface area contributed by atoms with Crippen molar-refractivity contribution in [2.24, 2.45) is 5.92 Å². The number of rotatable bonds is 7. The first-order valence-corrected chi connectivity index (χ1v) is 7.49. The van der Waals surface area contributed by atoms with Crippen LogP contribution in [-0.2, 0) is 4.79 Å². The van der Waals surface area contributed by atoms with Crippen LogP contribution in [0, 0.1) is 5.92 Å². The average molecular weight is 286 g/mol. The third kappa shape index (κ3) is 5.00. The number of carbonyl (C=O) groups excluding carboxylic acids is 1. The molecule has 6 heteroatoms. The number of urea groups is 1. The molecule has 0 aromatic rings. The SMILES string of the molecule is CCCN(CCO)C(=O)NC(C(=O)O)C1CCCCC1. The van der Waals surface area contributed by atoms with E-state index in [-0.39, 0.29) is 25.1 Å². The minimum absolute atomic E-state index is 0.0165. The number of carbonyl (C=O) groups is 2. The zero-order valence-corrected chi connectivity index (χ0v) is 12.2. The van der Waals surface area contributed by atoms with Gasteiger partial charge in [-0.15, -0.1) is 0 Å². The Morgan fingerprint density at radius 1 is 1.25 bits per heavy atom. The van der Waals surface area contributed by atoms with Crippen LogP contribution < -0.4 is 5.32 Å². The van der Waals surface area contributed by atoms with Gasteiger partial charge in [0.25, 0.3) is 0 Å². The van der Waals surface area contributed by atoms with Crippen molar-refractivity contribution < 1.29 is 19.8 Å². The van der Waals surface area contributed by atoms with Crippen LogP contribution in [-0.4, -0.2) is 52.9 Å². The molecule has 1 fully saturated rings. The van der Waals surface area contributed by atoms with Gasteiger partial charge in [-0.05, 0) is 25.2 Å². The summed E-state index contributed by atoms with van der Waals surface area (Å²) in [6, 6.07) is -1.21. The van der Waals surface area contributed by atoms with E-state index >= 15 is 0 Å². The zero-order valence-electron chi connectivity index (χ0n) is 12.2. The molecule has 0 radical (unpaired) electrons. The topological polar surface area (TPSA) is 89.9 Å². The molecule has 6 nitrogen and oxygen atoms in total. The smallest absolute Gasteiger partial charge is 0.326 e. The molecule has 1 atom stereocenters. The van der Waals surface area contributed by atoms with Crippen LogP contribution in [0.4, 0.5) is 4.79 Å². The van der Waals surface area contributed by atoms with Crippen LogP contribution in [0.1, 0.15) is 45.4 Å². The molecular formula is C14H26N2O4. The van der Waals surface area contributed by atoms with Gasteiger partial charge in [0.1, 0.15) is 6.04 Å². The van der Waals surface area contributed by atoms with E-state index in [1.54, 1.807) is 0 Å². The highest BCUT2D eigenvalue weighted by Gasteiger charge is 2.31. The molecule has 0 aromatic carbocycles. The maximum atomic E-state index is 12.1. The fourth-order valence-corrected chi connectivity index (χ4v) is 2.78. The van der Waals surface area contributed by atoms with Gasteiger partial charge in [-0.2, -0.15) is 0 Å². The average Bonchev–Trinajstić information content (AvgIpc) is 2.45. The quantitative estimate of drug-likeness (QED) is 0.660. The molecule has 1 saturated carbocycles. The van der Waals surface area contributed by atoms with Crippen molar-refractivity contribution in [3.63, 3.8) is 0 Å². The van der Waals surface area contributed by atoms with Gasteiger partial charge in [-0.25, -0.2) is 9.59 Å². The van der Waals surface area contributed by atoms with Crippen LogP contribution in [0.5, 0.6) is 0 Å². The predicted molar refractivity (Wildman–Crippen MR) is 75.5 cm³/mol. The summed E-state index contributed by atoms with van der Waals surface area (Å²) in [7, 11) is 0. The standard InChI is InChI=1S/C14H26N2O4/c1-2-8-16(9-10-17)14(20)15-12(13(18)19)11-6-4-3-5-7-11/h11-12,17H,2-10H2,1H3,(H,15,20)(H,18,19). The van der Waals surface area contributed by atoms with E-state index in [4.69, 9.17) is 5.11 Å². The van der Waals surface area contributed by atoms with E-state index in [2.05, 4.69) is 5.32 Å². The van der Waals surface area contributed by atoms with Crippen molar-refractivity contribution in [2.75, 3.05) is 19.7 Å². The van der Waals surface area contributed by atoms with Gasteiger partial charge in [0, 0.05) is 13.1 Å². The van der Waals surface area contributed by atoms with E-state index < -0.39 is 12.0 Å². The number of carboxylic acids is 1. The first-order valence-electron chi connectivity index (χ1n) is 7.49. The second-order valence-corrected chi connectivity index (χ2v) is 5.37. The molecule has 2 amide bonds. The monoisotopic (exact) mass is 286 g/mol. The minimum atomic E-state index is -0.967. The van der Waals surface area contributed by atoms with Crippen molar-refractivity contribution >= 4 is 12.0 Å². The number of carboxylic acid groups (broad SMARTS) is 1. The Hall–Kier alpha value is -1.30. The van der Waals surface area contributed by atoms with Crippen molar-refractivity contribution in [1.82, 2.24) is 10.2 Å². The number of hydrogen-bond donors (Lipinski definition) is 3. The van der Waals surface area contributed by atoms with Gasteiger partial charge in [0.2, 0.25) is 0 Å². The highest BCUT2D eigenvalue weighted by Crippen LogP contribution is 2.26. The fourth-order valence-electron chi connectivity index (χ4n) is 2.78. The van der Waals surface area contributed by atoms with Crippen molar-refractivity contribution in [1.29, 1.82) is 0 Å². The Balaban J connectivity index is 2.63. The third-order valence-corrected chi connectivity index (χ3v) is 3.82. The van der Waals surface area contributed by atoms with E-state index in [0.717, 1.165) is 38.5 Å². The van der Waals surface area contributed by atoms with Gasteiger partial charge < -0.3 is 20.4 Å². The van der Waals surface area contributed by atoms with Gasteiger partial charge in [0.05, 0.1) is 6.61 Å². The highest BCUT2D eigenvalue weighted by molar-refractivity contribution is 5.82. The summed E-state index contributed by atoms with van der Waals surface area (Å²) < 4.78 is 0. The molecule has 0 spiro atoms. The normalized spacial score (nSPS) is 17.5. The number of hydrogen-bond acceptors (Lipinski definition) is 3. The summed E-state index contributed by atoms with van der Waals surface area (Å²) in [6.07, 6.45) is 5.67. The number of nitrogens with one attached hydrogen (secondary N) is 1. The molecule has 1 unspecified atom stereocenters. The number of amides is 2. The molecule has 0 saturated heterocycles. The van der Waals surface area contributed by atoms with Gasteiger partial charge in [0.15, 0.2) is 0 Å². The van der Waals surface area contributed by atoms with E-state index in [0.29, 0.717) is 6.54 Å². The maximum absolute atomic E-state index is 12.1. The summed E-state index contributed by atoms with van der Waals surface area (Å²) >= 11 is 0. The molecular weight excluding hydrogens is 260 g/mol. The summed E-state index contributed by atoms with van der Waals surface area (Å²) in [5.41, 5.74) is 0. The van der Waals surface area contributed by atoms with Crippen LogP contribution in [0.2, 0.25) is 0 Å². The molecule has 3 N–H and O–H groups in total. The Morgan fingerprint density at radius 3 is 2.40 bits per heavy atom. The maximum Gasteiger partial charge on any atom is 0.326 e. The van der Waals surface area contributed by atoms with Crippen molar-refractivity contribution in [2.45, 2.75) is 51.5 Å². The number of nitrogens with zero attached hydrogens (tertiary/aromatic N) is 1. The molecule has 0 aliphatic heterocycles. The van der Waals surface area contributed by atoms with Crippen LogP contribution in [0.25, 0.3) is 0 Å². The molecule has 1 aliphatic rings. The van der Waals surface area contributed by atoms with Crippen LogP contribution in [0.15, 0.2) is 0 Å². The molecule has 0 aromatic heterocycles. The minimum Gasteiger partial charge on any atom is -0.480 e. The Morgan fingerprint density at radius 2 is 1.90 bits per heavy atom. The third-order valence-electron chi connectivity index (χ3n) is 3.82. The lowest BCUT2D eigenvalue weighted by Crippen LogP contribution is -2.52. The molecule has 116 valence electrons. The van der Waals surface area contributed by atoms with Crippen molar-refractivity contribution in [3.8, 4) is 0 Å². The lowest BCUT2D eigenvalue weighted by atomic mass is 9.84. The highest BCUT2D eigenvalue weighted by atomic mass is 16.4. The summed E-state index contributed by atoms with van der Waals surface area (Å²) in [5, 5.41) is 20.9. The number of aliphatic hydroxyl groups is 1. The van der Waals surface area contributed by atoms with Gasteiger partial charge in [-0.3, -0.25) is 0 Å². The molecule has 20 heavy (non-hydrogen) atoms. The van der Waals surface area contributed by atoms with E-state index in [1.807, 2.05) is 6.92 Å². The summed E-state index contributed by atoms with van der Waals surface area (Å²) in [6.45, 7) is 2.57. The second-order valence-electron chi connectivity index (χ2n) is 5.37. The predicted octanol–water partition coefficient (Wildman–Crippen LogP) is 1.43. The second kappa shape index (κ2) is 8.79. The zero-order chi connectivity index (χ0) is 15.0. The van der Waals surface area contributed by atoms with E-state index in [9.17, 15) is 14.7 Å². The largest absolute Gasteiger partial charge is 0.480 e. The summed E-state index contributed by atoms with van der Waals surface area (Å²) in [5.74, 6) is -0.950. The van der Waals surface area contributed by atoms with Crippen molar-refractivity contribution in [3.05, 3.63) is 0 Å². The fraction of sp³-hybridized carbons (Fsp3) is 0.857. The lowest BCUT2D eigenvalue weighted by Gasteiger charge is -2.30. The Kier molecular flexibility index (Phi) is 7.36. The number of aliphatic carboxylic acids is 1. The molecule has 0 bridgehead atoms. The number of aliphatic hydroxyl groups excluding tert-OH is 1. The first-order chi connectivity index (χ1) is 9.60. The van der Waals surface area contributed by atoms with Gasteiger partial charge >= 0.3 is 12.0 Å². The van der Waals surface area contributed by atoms with Gasteiger partial charge in [-0.1, -0.05) is 26.2 Å². The molecule has 0 heterocycles. The van der Waals surface area contributed by atoms with Crippen LogP contribution in [0.3, 0.4) is 0 Å². The Labute approximate surface area is 120 Å².